The first kappa shape index (κ1) is 20.5. The third-order valence-electron chi connectivity index (χ3n) is 4.58. The molecule has 0 heterocycles. The zero-order chi connectivity index (χ0) is 18.6. The van der Waals surface area contributed by atoms with Crippen molar-refractivity contribution in [2.24, 2.45) is 5.73 Å². The van der Waals surface area contributed by atoms with Crippen molar-refractivity contribution in [3.63, 3.8) is 0 Å². The maximum absolute atomic E-state index is 6.32. The number of nitrogens with one attached hydrogen (secondary N) is 1. The van der Waals surface area contributed by atoms with E-state index in [4.69, 9.17) is 10.5 Å². The molecule has 0 amide bonds. The average molecular weight is 355 g/mol. The number of rotatable bonds is 12. The molecule has 0 aliphatic heterocycles. The van der Waals surface area contributed by atoms with Crippen LogP contribution in [-0.2, 0) is 19.4 Å². The van der Waals surface area contributed by atoms with Crippen LogP contribution in [0.5, 0.6) is 5.75 Å². The Morgan fingerprint density at radius 3 is 2.58 bits per heavy atom. The Morgan fingerprint density at radius 1 is 1.00 bits per heavy atom. The number of unbranched alkanes of at least 4 members (excludes halogenated alkanes) is 1. The summed E-state index contributed by atoms with van der Waals surface area (Å²) >= 11 is 0. The molecule has 2 rings (SSSR count). The van der Waals surface area contributed by atoms with Gasteiger partial charge in [0, 0.05) is 12.6 Å². The normalized spacial score (nSPS) is 12.1. The van der Waals surface area contributed by atoms with Gasteiger partial charge in [-0.15, -0.1) is 0 Å². The smallest absolute Gasteiger partial charge is 0.119 e. The Balaban J connectivity index is 1.69. The summed E-state index contributed by atoms with van der Waals surface area (Å²) in [6.45, 7) is 6.99. The molecule has 0 bridgehead atoms. The molecule has 0 fully saturated rings. The third kappa shape index (κ3) is 7.59. The molecule has 0 saturated carbocycles. The van der Waals surface area contributed by atoms with Crippen LogP contribution in [0.2, 0.25) is 0 Å². The first-order chi connectivity index (χ1) is 12.7. The van der Waals surface area contributed by atoms with Crippen molar-refractivity contribution in [1.82, 2.24) is 5.32 Å². The van der Waals surface area contributed by atoms with Gasteiger partial charge in [-0.2, -0.15) is 0 Å². The minimum Gasteiger partial charge on any atom is -0.494 e. The summed E-state index contributed by atoms with van der Waals surface area (Å²) in [6, 6.07) is 17.3. The molecule has 26 heavy (non-hydrogen) atoms. The molecule has 0 radical (unpaired) electrons. The first-order valence-electron chi connectivity index (χ1n) is 9.97. The van der Waals surface area contributed by atoms with Gasteiger partial charge in [-0.1, -0.05) is 56.7 Å². The van der Waals surface area contributed by atoms with E-state index in [2.05, 4.69) is 61.6 Å². The zero-order valence-corrected chi connectivity index (χ0v) is 16.3. The van der Waals surface area contributed by atoms with Crippen LogP contribution in [0.3, 0.4) is 0 Å². The largest absolute Gasteiger partial charge is 0.494 e. The summed E-state index contributed by atoms with van der Waals surface area (Å²) < 4.78 is 5.78. The standard InChI is InChI=1S/C23H34N2O/c1-3-5-14-26-23-11-7-9-20(17-23)16-22(24)12-13-25-18-21-10-6-8-19(4-2)15-21/h6-11,15,17,22,25H,3-5,12-14,16,18,24H2,1-2H3/t22-/m1/s1. The predicted octanol–water partition coefficient (Wildman–Crippen LogP) is 4.48. The molecule has 3 nitrogen and oxygen atoms in total. The van der Waals surface area contributed by atoms with Crippen LogP contribution in [0.25, 0.3) is 0 Å². The average Bonchev–Trinajstić information content (AvgIpc) is 2.66. The number of nitrogens with two attached hydrogens (primary N) is 1. The summed E-state index contributed by atoms with van der Waals surface area (Å²) in [5, 5.41) is 3.51. The van der Waals surface area contributed by atoms with Gasteiger partial charge in [-0.25, -0.2) is 0 Å². The molecule has 0 saturated heterocycles. The highest BCUT2D eigenvalue weighted by Crippen LogP contribution is 2.15. The Morgan fingerprint density at radius 2 is 1.77 bits per heavy atom. The van der Waals surface area contributed by atoms with Crippen LogP contribution < -0.4 is 15.8 Å². The van der Waals surface area contributed by atoms with Gasteiger partial charge in [0.25, 0.3) is 0 Å². The summed E-state index contributed by atoms with van der Waals surface area (Å²) in [5.41, 5.74) is 10.3. The third-order valence-corrected chi connectivity index (χ3v) is 4.58. The fourth-order valence-corrected chi connectivity index (χ4v) is 2.98. The molecule has 142 valence electrons. The Bertz CT molecular complexity index is 642. The number of ether oxygens (including phenoxy) is 1. The molecule has 1 atom stereocenters. The molecule has 0 aliphatic rings. The Hall–Kier alpha value is -1.84. The molecular formula is C23H34N2O. The van der Waals surface area contributed by atoms with Gasteiger partial charge in [-0.3, -0.25) is 0 Å². The molecular weight excluding hydrogens is 320 g/mol. The number of benzene rings is 2. The van der Waals surface area contributed by atoms with E-state index in [0.29, 0.717) is 0 Å². The maximum Gasteiger partial charge on any atom is 0.119 e. The van der Waals surface area contributed by atoms with Gasteiger partial charge >= 0.3 is 0 Å². The van der Waals surface area contributed by atoms with Crippen LogP contribution in [0, 0.1) is 0 Å². The van der Waals surface area contributed by atoms with Gasteiger partial charge in [-0.05, 0) is 61.1 Å². The van der Waals surface area contributed by atoms with Crippen molar-refractivity contribution in [2.45, 2.75) is 58.5 Å². The second-order valence-electron chi connectivity index (χ2n) is 6.95. The molecule has 0 aliphatic carbocycles. The Kier molecular flexibility index (Phi) is 9.22. The van der Waals surface area contributed by atoms with Gasteiger partial charge in [0.1, 0.15) is 5.75 Å². The molecule has 0 unspecified atom stereocenters. The molecule has 2 aromatic rings. The van der Waals surface area contributed by atoms with E-state index < -0.39 is 0 Å². The van der Waals surface area contributed by atoms with Gasteiger partial charge < -0.3 is 15.8 Å². The van der Waals surface area contributed by atoms with Gasteiger partial charge in [0.2, 0.25) is 0 Å². The van der Waals surface area contributed by atoms with Crippen molar-refractivity contribution in [2.75, 3.05) is 13.2 Å². The van der Waals surface area contributed by atoms with E-state index in [1.807, 2.05) is 6.07 Å². The second kappa shape index (κ2) is 11.7. The van der Waals surface area contributed by atoms with Crippen molar-refractivity contribution in [3.8, 4) is 5.75 Å². The summed E-state index contributed by atoms with van der Waals surface area (Å²) in [7, 11) is 0. The molecule has 3 N–H and O–H groups in total. The van der Waals surface area contributed by atoms with Crippen molar-refractivity contribution in [1.29, 1.82) is 0 Å². The molecule has 3 heteroatoms. The lowest BCUT2D eigenvalue weighted by atomic mass is 10.0. The van der Waals surface area contributed by atoms with E-state index in [1.165, 1.54) is 16.7 Å². The number of hydrogen-bond donors (Lipinski definition) is 2. The van der Waals surface area contributed by atoms with Crippen LogP contribution in [0.1, 0.15) is 49.8 Å². The highest BCUT2D eigenvalue weighted by atomic mass is 16.5. The van der Waals surface area contributed by atoms with Crippen molar-refractivity contribution < 1.29 is 4.74 Å². The van der Waals surface area contributed by atoms with Crippen molar-refractivity contribution in [3.05, 3.63) is 65.2 Å². The zero-order valence-electron chi connectivity index (χ0n) is 16.3. The molecule has 0 aromatic heterocycles. The van der Waals surface area contributed by atoms with Crippen LogP contribution in [0.4, 0.5) is 0 Å². The highest BCUT2D eigenvalue weighted by molar-refractivity contribution is 5.29. The minimum atomic E-state index is 0.162. The topological polar surface area (TPSA) is 47.3 Å². The molecule has 0 spiro atoms. The summed E-state index contributed by atoms with van der Waals surface area (Å²) in [5.74, 6) is 0.956. The van der Waals surface area contributed by atoms with Gasteiger partial charge in [0.05, 0.1) is 6.61 Å². The minimum absolute atomic E-state index is 0.162. The van der Waals surface area contributed by atoms with E-state index >= 15 is 0 Å². The quantitative estimate of drug-likeness (QED) is 0.553. The lowest BCUT2D eigenvalue weighted by Gasteiger charge is -2.14. The monoisotopic (exact) mass is 354 g/mol. The van der Waals surface area contributed by atoms with Crippen LogP contribution in [0.15, 0.2) is 48.5 Å². The van der Waals surface area contributed by atoms with Gasteiger partial charge in [0.15, 0.2) is 0 Å². The first-order valence-corrected chi connectivity index (χ1v) is 9.97. The van der Waals surface area contributed by atoms with Crippen LogP contribution >= 0.6 is 0 Å². The molecule has 2 aromatic carbocycles. The second-order valence-corrected chi connectivity index (χ2v) is 6.95. The lowest BCUT2D eigenvalue weighted by molar-refractivity contribution is 0.309. The van der Waals surface area contributed by atoms with E-state index in [-0.39, 0.29) is 6.04 Å². The van der Waals surface area contributed by atoms with E-state index in [9.17, 15) is 0 Å². The number of hydrogen-bond acceptors (Lipinski definition) is 3. The lowest BCUT2D eigenvalue weighted by Crippen LogP contribution is -2.28. The van der Waals surface area contributed by atoms with E-state index in [1.54, 1.807) is 0 Å². The fourth-order valence-electron chi connectivity index (χ4n) is 2.98. The SMILES string of the molecule is CCCCOc1cccc(C[C@H](N)CCNCc2cccc(CC)c2)c1. The fraction of sp³-hybridized carbons (Fsp3) is 0.478. The van der Waals surface area contributed by atoms with Crippen LogP contribution in [-0.4, -0.2) is 19.2 Å². The number of aryl methyl sites for hydroxylation is 1. The summed E-state index contributed by atoms with van der Waals surface area (Å²) in [6.07, 6.45) is 5.18. The van der Waals surface area contributed by atoms with Crippen molar-refractivity contribution >= 4 is 0 Å². The maximum atomic E-state index is 6.32. The predicted molar refractivity (Wildman–Crippen MR) is 111 cm³/mol. The Labute approximate surface area is 159 Å². The van der Waals surface area contributed by atoms with E-state index in [0.717, 1.165) is 57.6 Å². The highest BCUT2D eigenvalue weighted by Gasteiger charge is 2.05. The summed E-state index contributed by atoms with van der Waals surface area (Å²) in [4.78, 5) is 0.